The predicted molar refractivity (Wildman–Crippen MR) is 118 cm³/mol. The Bertz CT molecular complexity index is 1080. The lowest BCUT2D eigenvalue weighted by Crippen LogP contribution is -2.31. The lowest BCUT2D eigenvalue weighted by atomic mass is 10.2. The number of hydrogen-bond acceptors (Lipinski definition) is 4. The maximum absolute atomic E-state index is 13.1. The van der Waals surface area contributed by atoms with Gasteiger partial charge in [0.1, 0.15) is 5.25 Å². The molecular weight excluding hydrogens is 498 g/mol. The molecule has 1 aliphatic rings. The van der Waals surface area contributed by atoms with E-state index < -0.39 is 33.8 Å². The number of anilines is 2. The Labute approximate surface area is 194 Å². The van der Waals surface area contributed by atoms with Crippen molar-refractivity contribution in [2.45, 2.75) is 17.8 Å². The standard InChI is InChI=1S/C19H13Cl3F3N3O2S/c1-26-18(27-9-2-4-12(20)11(6-9)19(23,24)25)31-15-8-16(29)28(17(15)30)10-3-5-13(21)14(22)7-10/h2-7,15H,8H2,1H3,(H,26,27). The van der Waals surface area contributed by atoms with E-state index in [1.807, 2.05) is 0 Å². The molecule has 2 aromatic rings. The van der Waals surface area contributed by atoms with E-state index in [2.05, 4.69) is 10.3 Å². The van der Waals surface area contributed by atoms with Crippen molar-refractivity contribution in [1.29, 1.82) is 0 Å². The lowest BCUT2D eigenvalue weighted by molar-refractivity contribution is -0.137. The number of amides is 2. The van der Waals surface area contributed by atoms with Crippen molar-refractivity contribution in [2.24, 2.45) is 4.99 Å². The van der Waals surface area contributed by atoms with Gasteiger partial charge in [-0.25, -0.2) is 4.90 Å². The van der Waals surface area contributed by atoms with Crippen LogP contribution in [0.1, 0.15) is 12.0 Å². The van der Waals surface area contributed by atoms with Gasteiger partial charge in [0.15, 0.2) is 5.17 Å². The number of alkyl halides is 3. The van der Waals surface area contributed by atoms with E-state index in [-0.39, 0.29) is 33.0 Å². The van der Waals surface area contributed by atoms with E-state index in [9.17, 15) is 22.8 Å². The summed E-state index contributed by atoms with van der Waals surface area (Å²) in [6, 6.07) is 7.69. The fraction of sp³-hybridized carbons (Fsp3) is 0.211. The molecule has 1 heterocycles. The van der Waals surface area contributed by atoms with Crippen LogP contribution >= 0.6 is 46.6 Å². The van der Waals surface area contributed by atoms with Gasteiger partial charge in [-0.15, -0.1) is 0 Å². The second kappa shape index (κ2) is 9.28. The fourth-order valence-electron chi connectivity index (χ4n) is 2.81. The number of amidine groups is 1. The highest BCUT2D eigenvalue weighted by Crippen LogP contribution is 2.37. The number of nitrogens with zero attached hydrogens (tertiary/aromatic N) is 2. The van der Waals surface area contributed by atoms with E-state index in [0.29, 0.717) is 0 Å². The van der Waals surface area contributed by atoms with Crippen LogP contribution in [-0.2, 0) is 15.8 Å². The number of aliphatic imine (C=N–C) groups is 1. The highest BCUT2D eigenvalue weighted by molar-refractivity contribution is 8.15. The number of hydrogen-bond donors (Lipinski definition) is 1. The van der Waals surface area contributed by atoms with Gasteiger partial charge < -0.3 is 5.32 Å². The van der Waals surface area contributed by atoms with Gasteiger partial charge in [-0.3, -0.25) is 14.6 Å². The zero-order valence-corrected chi connectivity index (χ0v) is 18.7. The second-order valence-corrected chi connectivity index (χ2v) is 8.74. The summed E-state index contributed by atoms with van der Waals surface area (Å²) < 4.78 is 39.2. The van der Waals surface area contributed by atoms with E-state index in [4.69, 9.17) is 34.8 Å². The van der Waals surface area contributed by atoms with Crippen LogP contribution < -0.4 is 10.2 Å². The zero-order valence-electron chi connectivity index (χ0n) is 15.6. The SMILES string of the molecule is CN=C(Nc1ccc(Cl)c(C(F)(F)F)c1)SC1CC(=O)N(c2ccc(Cl)c(Cl)c2)C1=O. The molecule has 0 aromatic heterocycles. The molecule has 1 atom stereocenters. The van der Waals surface area contributed by atoms with E-state index in [1.165, 1.54) is 31.3 Å². The van der Waals surface area contributed by atoms with Crippen molar-refractivity contribution in [1.82, 2.24) is 0 Å². The number of imide groups is 1. The maximum Gasteiger partial charge on any atom is 0.417 e. The Hall–Kier alpha value is -1.94. The molecule has 0 saturated carbocycles. The molecule has 12 heteroatoms. The molecule has 1 N–H and O–H groups in total. The second-order valence-electron chi connectivity index (χ2n) is 6.32. The Balaban J connectivity index is 1.76. The molecule has 3 rings (SSSR count). The third-order valence-electron chi connectivity index (χ3n) is 4.25. The summed E-state index contributed by atoms with van der Waals surface area (Å²) >= 11 is 18.4. The van der Waals surface area contributed by atoms with Crippen LogP contribution in [0.2, 0.25) is 15.1 Å². The molecule has 0 aliphatic carbocycles. The average molecular weight is 511 g/mol. The molecule has 1 saturated heterocycles. The third-order valence-corrected chi connectivity index (χ3v) is 6.48. The van der Waals surface area contributed by atoms with Crippen LogP contribution in [0, 0.1) is 0 Å². The van der Waals surface area contributed by atoms with Crippen LogP contribution in [0.4, 0.5) is 24.5 Å². The smallest absolute Gasteiger partial charge is 0.335 e. The summed E-state index contributed by atoms with van der Waals surface area (Å²) in [6.45, 7) is 0. The first kappa shape index (κ1) is 23.7. The summed E-state index contributed by atoms with van der Waals surface area (Å²) in [5.74, 6) is -0.939. The minimum absolute atomic E-state index is 0.0861. The number of nitrogens with one attached hydrogen (secondary N) is 1. The van der Waals surface area contributed by atoms with Crippen molar-refractivity contribution >= 4 is 74.9 Å². The minimum Gasteiger partial charge on any atom is -0.335 e. The number of carbonyl (C=O) groups is 2. The summed E-state index contributed by atoms with van der Waals surface area (Å²) in [7, 11) is 1.41. The van der Waals surface area contributed by atoms with Gasteiger partial charge >= 0.3 is 6.18 Å². The largest absolute Gasteiger partial charge is 0.417 e. The Morgan fingerprint density at radius 1 is 1.10 bits per heavy atom. The molecule has 1 aliphatic heterocycles. The summed E-state index contributed by atoms with van der Waals surface area (Å²) in [4.78, 5) is 30.2. The van der Waals surface area contributed by atoms with Gasteiger partial charge in [0, 0.05) is 19.2 Å². The van der Waals surface area contributed by atoms with Crippen molar-refractivity contribution in [2.75, 3.05) is 17.3 Å². The normalized spacial score (nSPS) is 17.5. The molecule has 2 amide bonds. The predicted octanol–water partition coefficient (Wildman–Crippen LogP) is 6.13. The molecular formula is C19H13Cl3F3N3O2S. The lowest BCUT2D eigenvalue weighted by Gasteiger charge is -2.17. The monoisotopic (exact) mass is 509 g/mol. The van der Waals surface area contributed by atoms with Crippen LogP contribution in [-0.4, -0.2) is 29.3 Å². The average Bonchev–Trinajstić information content (AvgIpc) is 2.97. The highest BCUT2D eigenvalue weighted by Gasteiger charge is 2.41. The Morgan fingerprint density at radius 2 is 1.77 bits per heavy atom. The number of thioether (sulfide) groups is 1. The van der Waals surface area contributed by atoms with E-state index >= 15 is 0 Å². The van der Waals surface area contributed by atoms with E-state index in [0.717, 1.165) is 28.8 Å². The van der Waals surface area contributed by atoms with Gasteiger partial charge in [-0.05, 0) is 36.4 Å². The van der Waals surface area contributed by atoms with Gasteiger partial charge in [0.2, 0.25) is 11.8 Å². The Morgan fingerprint density at radius 3 is 2.39 bits per heavy atom. The van der Waals surface area contributed by atoms with Gasteiger partial charge in [0.25, 0.3) is 0 Å². The van der Waals surface area contributed by atoms with Crippen LogP contribution in [0.25, 0.3) is 0 Å². The topological polar surface area (TPSA) is 61.8 Å². The highest BCUT2D eigenvalue weighted by atomic mass is 35.5. The minimum atomic E-state index is -4.63. The summed E-state index contributed by atoms with van der Waals surface area (Å²) in [6.07, 6.45) is -4.74. The first-order valence-corrected chi connectivity index (χ1v) is 10.6. The molecule has 1 unspecified atom stereocenters. The third kappa shape index (κ3) is 5.28. The van der Waals surface area contributed by atoms with Crippen molar-refractivity contribution in [3.8, 4) is 0 Å². The zero-order chi connectivity index (χ0) is 22.9. The first-order valence-electron chi connectivity index (χ1n) is 8.60. The van der Waals surface area contributed by atoms with Crippen LogP contribution in [0.15, 0.2) is 41.4 Å². The van der Waals surface area contributed by atoms with Crippen molar-refractivity contribution in [3.05, 3.63) is 57.0 Å². The van der Waals surface area contributed by atoms with Crippen LogP contribution in [0.3, 0.4) is 0 Å². The molecule has 2 aromatic carbocycles. The van der Waals surface area contributed by atoms with Crippen LogP contribution in [0.5, 0.6) is 0 Å². The summed E-state index contributed by atoms with van der Waals surface area (Å²) in [5.41, 5.74) is -0.636. The number of benzene rings is 2. The quantitative estimate of drug-likeness (QED) is 0.307. The van der Waals surface area contributed by atoms with E-state index in [1.54, 1.807) is 0 Å². The molecule has 5 nitrogen and oxygen atoms in total. The van der Waals surface area contributed by atoms with Gasteiger partial charge in [-0.2, -0.15) is 13.2 Å². The summed E-state index contributed by atoms with van der Waals surface area (Å²) in [5, 5.41) is 2.12. The van der Waals surface area contributed by atoms with Crippen molar-refractivity contribution < 1.29 is 22.8 Å². The molecule has 0 spiro atoms. The van der Waals surface area contributed by atoms with Gasteiger partial charge in [0.05, 0.1) is 26.3 Å². The maximum atomic E-state index is 13.1. The first-order chi connectivity index (χ1) is 14.5. The molecule has 31 heavy (non-hydrogen) atoms. The van der Waals surface area contributed by atoms with Gasteiger partial charge in [-0.1, -0.05) is 46.6 Å². The number of rotatable bonds is 3. The molecule has 0 radical (unpaired) electrons. The molecule has 164 valence electrons. The number of halogens is 6. The van der Waals surface area contributed by atoms with Crippen molar-refractivity contribution in [3.63, 3.8) is 0 Å². The fourth-order valence-corrected chi connectivity index (χ4v) is 4.31. The Kier molecular flexibility index (Phi) is 7.10. The molecule has 0 bridgehead atoms. The molecule has 1 fully saturated rings. The number of carbonyl (C=O) groups excluding carboxylic acids is 2.